The van der Waals surface area contributed by atoms with Crippen molar-refractivity contribution in [3.8, 4) is 11.5 Å². The topological polar surface area (TPSA) is 22.1 Å². The van der Waals surface area contributed by atoms with Gasteiger partial charge in [0.05, 0.1) is 5.02 Å². The van der Waals surface area contributed by atoms with Gasteiger partial charge in [-0.1, -0.05) is 23.7 Å². The lowest BCUT2D eigenvalue weighted by molar-refractivity contribution is 0.486. The van der Waals surface area contributed by atoms with Crippen LogP contribution in [0.1, 0.15) is 5.56 Å². The monoisotopic (exact) mass is 303 g/mol. The van der Waals surface area contributed by atoms with Crippen molar-refractivity contribution in [1.29, 1.82) is 0 Å². The molecule has 0 unspecified atom stereocenters. The Balaban J connectivity index is 2.04. The van der Waals surface area contributed by atoms with Gasteiger partial charge in [-0.15, -0.1) is 11.6 Å². The van der Waals surface area contributed by atoms with E-state index < -0.39 is 0 Å². The number of hydrogen-bond acceptors (Lipinski definition) is 2. The molecule has 2 aromatic carbocycles. The Kier molecular flexibility index (Phi) is 3.77. The quantitative estimate of drug-likeness (QED) is 0.603. The SMILES string of the molecule is ClCc1cccc(Oc2ccc(Cl)c3cccnc23)c1. The molecular weight excluding hydrogens is 293 g/mol. The first kappa shape index (κ1) is 13.2. The fourth-order valence-corrected chi connectivity index (χ4v) is 2.40. The second kappa shape index (κ2) is 5.70. The number of ether oxygens (including phenoxy) is 1. The van der Waals surface area contributed by atoms with E-state index in [0.717, 1.165) is 22.2 Å². The first-order valence-corrected chi connectivity index (χ1v) is 7.05. The van der Waals surface area contributed by atoms with Gasteiger partial charge in [0.25, 0.3) is 0 Å². The lowest BCUT2D eigenvalue weighted by Crippen LogP contribution is -1.89. The van der Waals surface area contributed by atoms with Crippen molar-refractivity contribution < 1.29 is 4.74 Å². The maximum Gasteiger partial charge on any atom is 0.153 e. The molecule has 0 saturated heterocycles. The Labute approximate surface area is 126 Å². The number of nitrogens with zero attached hydrogens (tertiary/aromatic N) is 1. The predicted octanol–water partition coefficient (Wildman–Crippen LogP) is 5.42. The lowest BCUT2D eigenvalue weighted by atomic mass is 10.2. The summed E-state index contributed by atoms with van der Waals surface area (Å²) in [6.45, 7) is 0. The fourth-order valence-electron chi connectivity index (χ4n) is 2.01. The Morgan fingerprint density at radius 1 is 1.05 bits per heavy atom. The smallest absolute Gasteiger partial charge is 0.153 e. The van der Waals surface area contributed by atoms with Crippen LogP contribution in [0.15, 0.2) is 54.7 Å². The third-order valence-corrected chi connectivity index (χ3v) is 3.60. The summed E-state index contributed by atoms with van der Waals surface area (Å²) >= 11 is 12.0. The molecule has 0 bridgehead atoms. The highest BCUT2D eigenvalue weighted by Gasteiger charge is 2.08. The maximum absolute atomic E-state index is 6.17. The van der Waals surface area contributed by atoms with Crippen LogP contribution in [0.25, 0.3) is 10.9 Å². The van der Waals surface area contributed by atoms with Crippen LogP contribution in [0.5, 0.6) is 11.5 Å². The van der Waals surface area contributed by atoms with Crippen molar-refractivity contribution in [3.05, 3.63) is 65.3 Å². The van der Waals surface area contributed by atoms with Crippen molar-refractivity contribution in [3.63, 3.8) is 0 Å². The number of fused-ring (bicyclic) bond motifs is 1. The van der Waals surface area contributed by atoms with Gasteiger partial charge in [-0.3, -0.25) is 4.98 Å². The number of benzene rings is 2. The Hall–Kier alpha value is -1.77. The Bertz CT molecular complexity index is 758. The molecule has 3 rings (SSSR count). The average Bonchev–Trinajstić information content (AvgIpc) is 2.51. The predicted molar refractivity (Wildman–Crippen MR) is 82.8 cm³/mol. The second-order valence-corrected chi connectivity index (χ2v) is 5.00. The molecule has 0 aliphatic carbocycles. The third-order valence-electron chi connectivity index (χ3n) is 2.96. The van der Waals surface area contributed by atoms with Gasteiger partial charge >= 0.3 is 0 Å². The second-order valence-electron chi connectivity index (χ2n) is 4.33. The van der Waals surface area contributed by atoms with Gasteiger partial charge in [0.1, 0.15) is 11.3 Å². The standard InChI is InChI=1S/C16H11Cl2NO/c17-10-11-3-1-4-12(9-11)20-15-7-6-14(18)13-5-2-8-19-16(13)15/h1-9H,10H2. The van der Waals surface area contributed by atoms with E-state index in [2.05, 4.69) is 4.98 Å². The molecule has 20 heavy (non-hydrogen) atoms. The van der Waals surface area contributed by atoms with Crippen LogP contribution >= 0.6 is 23.2 Å². The van der Waals surface area contributed by atoms with Gasteiger partial charge in [0.15, 0.2) is 5.75 Å². The molecule has 1 heterocycles. The highest BCUT2D eigenvalue weighted by atomic mass is 35.5. The van der Waals surface area contributed by atoms with E-state index >= 15 is 0 Å². The maximum atomic E-state index is 6.17. The fraction of sp³-hybridized carbons (Fsp3) is 0.0625. The molecule has 0 amide bonds. The molecule has 2 nitrogen and oxygen atoms in total. The molecule has 3 aromatic rings. The third kappa shape index (κ3) is 2.58. The highest BCUT2D eigenvalue weighted by Crippen LogP contribution is 2.32. The molecule has 0 spiro atoms. The number of halogens is 2. The summed E-state index contributed by atoms with van der Waals surface area (Å²) in [5, 5.41) is 1.54. The normalized spacial score (nSPS) is 10.7. The van der Waals surface area contributed by atoms with E-state index in [0.29, 0.717) is 16.7 Å². The Morgan fingerprint density at radius 3 is 2.80 bits per heavy atom. The van der Waals surface area contributed by atoms with E-state index in [4.69, 9.17) is 27.9 Å². The van der Waals surface area contributed by atoms with E-state index in [1.165, 1.54) is 0 Å². The molecule has 0 atom stereocenters. The first-order chi connectivity index (χ1) is 9.78. The zero-order chi connectivity index (χ0) is 13.9. The first-order valence-electron chi connectivity index (χ1n) is 6.14. The van der Waals surface area contributed by atoms with Gasteiger partial charge in [-0.05, 0) is 42.0 Å². The summed E-state index contributed by atoms with van der Waals surface area (Å²) in [5.74, 6) is 1.87. The van der Waals surface area contributed by atoms with Crippen molar-refractivity contribution in [2.45, 2.75) is 5.88 Å². The summed E-state index contributed by atoms with van der Waals surface area (Å²) in [5.41, 5.74) is 1.76. The number of alkyl halides is 1. The van der Waals surface area contributed by atoms with Gasteiger partial charge in [-0.25, -0.2) is 0 Å². The van der Waals surface area contributed by atoms with E-state index in [-0.39, 0.29) is 0 Å². The molecule has 0 radical (unpaired) electrons. The van der Waals surface area contributed by atoms with E-state index in [1.54, 1.807) is 6.20 Å². The molecule has 1 aromatic heterocycles. The van der Waals surface area contributed by atoms with Crippen molar-refractivity contribution >= 4 is 34.1 Å². The van der Waals surface area contributed by atoms with Gasteiger partial charge < -0.3 is 4.74 Å². The summed E-state index contributed by atoms with van der Waals surface area (Å²) in [6, 6.07) is 15.1. The lowest BCUT2D eigenvalue weighted by Gasteiger charge is -2.09. The minimum atomic E-state index is 0.455. The molecular formula is C16H11Cl2NO. The molecule has 0 aliphatic heterocycles. The van der Waals surface area contributed by atoms with E-state index in [1.807, 2.05) is 48.5 Å². The van der Waals surface area contributed by atoms with Crippen LogP contribution < -0.4 is 4.74 Å². The average molecular weight is 304 g/mol. The van der Waals surface area contributed by atoms with Crippen LogP contribution in [0, 0.1) is 0 Å². The summed E-state index contributed by atoms with van der Waals surface area (Å²) in [6.07, 6.45) is 1.72. The van der Waals surface area contributed by atoms with E-state index in [9.17, 15) is 0 Å². The molecule has 0 fully saturated rings. The number of aromatic nitrogens is 1. The van der Waals surface area contributed by atoms with Crippen molar-refractivity contribution in [1.82, 2.24) is 4.98 Å². The minimum absolute atomic E-state index is 0.455. The number of hydrogen-bond donors (Lipinski definition) is 0. The minimum Gasteiger partial charge on any atom is -0.455 e. The number of rotatable bonds is 3. The molecule has 4 heteroatoms. The number of pyridine rings is 1. The van der Waals surface area contributed by atoms with Crippen LogP contribution in [0.2, 0.25) is 5.02 Å². The van der Waals surface area contributed by atoms with Crippen LogP contribution in [0.3, 0.4) is 0 Å². The molecule has 0 N–H and O–H groups in total. The van der Waals surface area contributed by atoms with Gasteiger partial charge in [0, 0.05) is 17.5 Å². The summed E-state index contributed by atoms with van der Waals surface area (Å²) in [4.78, 5) is 4.35. The van der Waals surface area contributed by atoms with Crippen LogP contribution in [-0.2, 0) is 5.88 Å². The zero-order valence-electron chi connectivity index (χ0n) is 10.5. The van der Waals surface area contributed by atoms with Gasteiger partial charge in [0.2, 0.25) is 0 Å². The molecule has 0 aliphatic rings. The van der Waals surface area contributed by atoms with Crippen LogP contribution in [0.4, 0.5) is 0 Å². The highest BCUT2D eigenvalue weighted by molar-refractivity contribution is 6.35. The van der Waals surface area contributed by atoms with Crippen molar-refractivity contribution in [2.75, 3.05) is 0 Å². The van der Waals surface area contributed by atoms with Gasteiger partial charge in [-0.2, -0.15) is 0 Å². The summed E-state index contributed by atoms with van der Waals surface area (Å²) in [7, 11) is 0. The largest absolute Gasteiger partial charge is 0.455 e. The summed E-state index contributed by atoms with van der Waals surface area (Å²) < 4.78 is 5.91. The molecule has 100 valence electrons. The molecule has 0 saturated carbocycles. The van der Waals surface area contributed by atoms with Crippen molar-refractivity contribution in [2.24, 2.45) is 0 Å². The Morgan fingerprint density at radius 2 is 1.95 bits per heavy atom. The van der Waals surface area contributed by atoms with Crippen LogP contribution in [-0.4, -0.2) is 4.98 Å². The zero-order valence-corrected chi connectivity index (χ0v) is 12.0.